The van der Waals surface area contributed by atoms with Gasteiger partial charge in [0.2, 0.25) is 11.4 Å². The smallest absolute Gasteiger partial charge is 0.341 e. The number of fused-ring (bicyclic) bond motifs is 1. The van der Waals surface area contributed by atoms with Crippen LogP contribution in [0.2, 0.25) is 0 Å². The molecule has 0 radical (unpaired) electrons. The highest BCUT2D eigenvalue weighted by Crippen LogP contribution is 2.25. The number of pyridine rings is 2. The summed E-state index contributed by atoms with van der Waals surface area (Å²) in [7, 11) is 0. The Morgan fingerprint density at radius 2 is 1.65 bits per heavy atom. The van der Waals surface area contributed by atoms with Crippen LogP contribution in [0.15, 0.2) is 59.7 Å². The predicted molar refractivity (Wildman–Crippen MR) is 104 cm³/mol. The molecule has 0 saturated carbocycles. The Hall–Kier alpha value is -4.01. The average molecular weight is 428 g/mol. The highest BCUT2D eigenvalue weighted by Gasteiger charge is 2.20. The number of carbonyl (C=O) groups is 1. The van der Waals surface area contributed by atoms with Crippen molar-refractivity contribution in [3.05, 3.63) is 99.6 Å². The van der Waals surface area contributed by atoms with Crippen molar-refractivity contribution in [2.45, 2.75) is 6.54 Å². The van der Waals surface area contributed by atoms with Gasteiger partial charge in [0.15, 0.2) is 0 Å². The first-order valence-electron chi connectivity index (χ1n) is 8.91. The predicted octanol–water partition coefficient (Wildman–Crippen LogP) is 4.37. The topological polar surface area (TPSA) is 72.2 Å². The minimum absolute atomic E-state index is 0.0169. The molecule has 0 atom stereocenters. The summed E-state index contributed by atoms with van der Waals surface area (Å²) in [5.41, 5.74) is -1.67. The standard InChI is InChI=1S/C22H12F4N2O3/c23-15-3-4-16(24)20-19(15)21(29)14(22(30)31)10-28(20)9-13-2-1-11(7-17(13)25)12-5-6-27-18(26)8-12/h1-8,10H,9H2,(H,30,31). The van der Waals surface area contributed by atoms with Crippen LogP contribution in [0.4, 0.5) is 17.6 Å². The fourth-order valence-corrected chi connectivity index (χ4v) is 3.35. The lowest BCUT2D eigenvalue weighted by Crippen LogP contribution is -2.21. The molecule has 0 saturated heterocycles. The summed E-state index contributed by atoms with van der Waals surface area (Å²) in [5.74, 6) is -5.15. The Balaban J connectivity index is 1.85. The zero-order valence-corrected chi connectivity index (χ0v) is 15.6. The number of aromatic carboxylic acids is 1. The lowest BCUT2D eigenvalue weighted by atomic mass is 10.0. The molecule has 0 aliphatic rings. The van der Waals surface area contributed by atoms with E-state index < -0.39 is 51.3 Å². The van der Waals surface area contributed by atoms with E-state index in [0.29, 0.717) is 11.1 Å². The largest absolute Gasteiger partial charge is 0.477 e. The number of hydrogen-bond donors (Lipinski definition) is 1. The van der Waals surface area contributed by atoms with Crippen LogP contribution < -0.4 is 5.43 Å². The molecule has 2 aromatic carbocycles. The molecule has 2 heterocycles. The van der Waals surface area contributed by atoms with Crippen molar-refractivity contribution in [1.29, 1.82) is 0 Å². The second-order valence-electron chi connectivity index (χ2n) is 6.73. The van der Waals surface area contributed by atoms with Crippen molar-refractivity contribution in [3.63, 3.8) is 0 Å². The number of carboxylic acid groups (broad SMARTS) is 1. The van der Waals surface area contributed by atoms with Crippen LogP contribution in [0.1, 0.15) is 15.9 Å². The Labute approximate surface area is 171 Å². The van der Waals surface area contributed by atoms with E-state index in [-0.39, 0.29) is 12.1 Å². The molecule has 0 aliphatic heterocycles. The van der Waals surface area contributed by atoms with E-state index in [0.717, 1.165) is 35.0 Å². The van der Waals surface area contributed by atoms with Crippen LogP contribution in [-0.4, -0.2) is 20.6 Å². The molecule has 0 aliphatic carbocycles. The zero-order chi connectivity index (χ0) is 22.3. The Bertz CT molecular complexity index is 1420. The summed E-state index contributed by atoms with van der Waals surface area (Å²) in [4.78, 5) is 27.2. The van der Waals surface area contributed by atoms with Crippen molar-refractivity contribution < 1.29 is 27.5 Å². The normalized spacial score (nSPS) is 11.1. The molecule has 5 nitrogen and oxygen atoms in total. The van der Waals surface area contributed by atoms with Gasteiger partial charge in [-0.2, -0.15) is 4.39 Å². The minimum Gasteiger partial charge on any atom is -0.477 e. The third-order valence-corrected chi connectivity index (χ3v) is 4.81. The summed E-state index contributed by atoms with van der Waals surface area (Å²) in [6.07, 6.45) is 2.08. The van der Waals surface area contributed by atoms with Crippen molar-refractivity contribution in [3.8, 4) is 11.1 Å². The van der Waals surface area contributed by atoms with Gasteiger partial charge in [-0.1, -0.05) is 12.1 Å². The number of carboxylic acids is 1. The molecule has 0 amide bonds. The maximum Gasteiger partial charge on any atom is 0.341 e. The lowest BCUT2D eigenvalue weighted by Gasteiger charge is -2.14. The van der Waals surface area contributed by atoms with Gasteiger partial charge in [-0.25, -0.2) is 22.9 Å². The molecular formula is C22H12F4N2O3. The van der Waals surface area contributed by atoms with Crippen molar-refractivity contribution >= 4 is 16.9 Å². The molecule has 9 heteroatoms. The van der Waals surface area contributed by atoms with E-state index >= 15 is 0 Å². The van der Waals surface area contributed by atoms with Gasteiger partial charge < -0.3 is 9.67 Å². The van der Waals surface area contributed by atoms with Gasteiger partial charge in [0, 0.05) is 24.0 Å². The van der Waals surface area contributed by atoms with Crippen molar-refractivity contribution in [2.24, 2.45) is 0 Å². The van der Waals surface area contributed by atoms with Crippen LogP contribution in [-0.2, 0) is 6.54 Å². The molecule has 4 rings (SSSR count). The molecule has 31 heavy (non-hydrogen) atoms. The Morgan fingerprint density at radius 3 is 2.32 bits per heavy atom. The van der Waals surface area contributed by atoms with Gasteiger partial charge in [0.1, 0.15) is 23.0 Å². The molecule has 4 aromatic rings. The number of nitrogens with zero attached hydrogens (tertiary/aromatic N) is 2. The number of hydrogen-bond acceptors (Lipinski definition) is 3. The fourth-order valence-electron chi connectivity index (χ4n) is 3.35. The molecule has 2 aromatic heterocycles. The van der Waals surface area contributed by atoms with E-state index in [1.807, 2.05) is 0 Å². The second kappa shape index (κ2) is 7.67. The summed E-state index contributed by atoms with van der Waals surface area (Å²) in [6.45, 7) is -0.381. The minimum atomic E-state index is -1.63. The monoisotopic (exact) mass is 428 g/mol. The summed E-state index contributed by atoms with van der Waals surface area (Å²) < 4.78 is 57.8. The lowest BCUT2D eigenvalue weighted by molar-refractivity contribution is 0.0695. The SMILES string of the molecule is O=C(O)c1cn(Cc2ccc(-c3ccnc(F)c3)cc2F)c2c(F)ccc(F)c2c1=O. The zero-order valence-electron chi connectivity index (χ0n) is 15.6. The van der Waals surface area contributed by atoms with Crippen LogP contribution in [0.25, 0.3) is 22.0 Å². The van der Waals surface area contributed by atoms with Crippen molar-refractivity contribution in [2.75, 3.05) is 0 Å². The van der Waals surface area contributed by atoms with Gasteiger partial charge in [-0.3, -0.25) is 4.79 Å². The van der Waals surface area contributed by atoms with E-state index in [4.69, 9.17) is 0 Å². The maximum atomic E-state index is 14.8. The first kappa shape index (κ1) is 20.3. The molecule has 1 N–H and O–H groups in total. The third-order valence-electron chi connectivity index (χ3n) is 4.81. The highest BCUT2D eigenvalue weighted by atomic mass is 19.1. The molecule has 0 spiro atoms. The van der Waals surface area contributed by atoms with E-state index in [1.54, 1.807) is 0 Å². The quantitative estimate of drug-likeness (QED) is 0.387. The van der Waals surface area contributed by atoms with Gasteiger partial charge in [-0.15, -0.1) is 0 Å². The van der Waals surface area contributed by atoms with E-state index in [2.05, 4.69) is 4.98 Å². The van der Waals surface area contributed by atoms with Crippen LogP contribution in [0.5, 0.6) is 0 Å². The summed E-state index contributed by atoms with van der Waals surface area (Å²) in [5, 5.41) is 8.54. The number of benzene rings is 2. The summed E-state index contributed by atoms with van der Waals surface area (Å²) in [6, 6.07) is 8.11. The van der Waals surface area contributed by atoms with Crippen LogP contribution in [0, 0.1) is 23.4 Å². The molecule has 0 unspecified atom stereocenters. The van der Waals surface area contributed by atoms with Crippen molar-refractivity contribution in [1.82, 2.24) is 9.55 Å². The summed E-state index contributed by atoms with van der Waals surface area (Å²) >= 11 is 0. The Kier molecular flexibility index (Phi) is 5.02. The van der Waals surface area contributed by atoms with E-state index in [9.17, 15) is 32.3 Å². The third kappa shape index (κ3) is 3.65. The molecular weight excluding hydrogens is 416 g/mol. The number of halogens is 4. The number of rotatable bonds is 4. The first-order chi connectivity index (χ1) is 14.8. The maximum absolute atomic E-state index is 14.8. The van der Waals surface area contributed by atoms with E-state index in [1.165, 1.54) is 24.4 Å². The molecule has 0 bridgehead atoms. The van der Waals surface area contributed by atoms with Crippen LogP contribution in [0.3, 0.4) is 0 Å². The van der Waals surface area contributed by atoms with Crippen LogP contribution >= 0.6 is 0 Å². The number of aromatic nitrogens is 2. The first-order valence-corrected chi connectivity index (χ1v) is 8.91. The van der Waals surface area contributed by atoms with Gasteiger partial charge in [0.25, 0.3) is 0 Å². The average Bonchev–Trinajstić information content (AvgIpc) is 2.73. The Morgan fingerprint density at radius 1 is 0.935 bits per heavy atom. The van der Waals surface area contributed by atoms with Gasteiger partial charge >= 0.3 is 5.97 Å². The van der Waals surface area contributed by atoms with Gasteiger partial charge in [0.05, 0.1) is 17.4 Å². The molecule has 0 fully saturated rings. The second-order valence-corrected chi connectivity index (χ2v) is 6.73. The molecule has 156 valence electrons. The van der Waals surface area contributed by atoms with Gasteiger partial charge in [-0.05, 0) is 35.4 Å². The highest BCUT2D eigenvalue weighted by molar-refractivity contribution is 5.93. The fraction of sp³-hybridized carbons (Fsp3) is 0.0455.